The van der Waals surface area contributed by atoms with Crippen LogP contribution in [0.5, 0.6) is 0 Å². The van der Waals surface area contributed by atoms with Crippen molar-refractivity contribution in [1.82, 2.24) is 4.90 Å². The number of benzene rings is 1. The van der Waals surface area contributed by atoms with Crippen molar-refractivity contribution in [2.75, 3.05) is 13.1 Å². The number of thiophene rings is 1. The number of carbonyl (C=O) groups excluding carboxylic acids is 2. The van der Waals surface area contributed by atoms with Gasteiger partial charge < -0.3 is 10.6 Å². The molecule has 2 N–H and O–H groups in total. The first-order valence-corrected chi connectivity index (χ1v) is 7.95. The number of carbonyl (C=O) groups is 2. The van der Waals surface area contributed by atoms with Gasteiger partial charge in [0.05, 0.1) is 0 Å². The summed E-state index contributed by atoms with van der Waals surface area (Å²) < 4.78 is 0. The number of amides is 2. The summed E-state index contributed by atoms with van der Waals surface area (Å²) in [5.74, 6) is -0.585. The second-order valence-corrected chi connectivity index (χ2v) is 6.10. The average Bonchev–Trinajstić information content (AvgIpc) is 3.09. The Morgan fingerprint density at radius 2 is 1.95 bits per heavy atom. The third-order valence-electron chi connectivity index (χ3n) is 3.73. The Balaban J connectivity index is 1.74. The molecule has 112 valence electrons. The van der Waals surface area contributed by atoms with Crippen LogP contribution in [0.2, 0.25) is 0 Å². The molecule has 0 aliphatic carbocycles. The molecule has 0 unspecified atom stereocenters. The van der Waals surface area contributed by atoms with Gasteiger partial charge in [0.25, 0.3) is 5.91 Å². The average molecular weight is 312 g/mol. The Hall–Kier alpha value is -2.40. The maximum absolute atomic E-state index is 12.5. The molecule has 0 fully saturated rings. The van der Waals surface area contributed by atoms with E-state index in [2.05, 4.69) is 17.5 Å². The van der Waals surface area contributed by atoms with E-state index in [1.54, 1.807) is 40.5 Å². The molecule has 1 aliphatic rings. The zero-order valence-corrected chi connectivity index (χ0v) is 12.8. The van der Waals surface area contributed by atoms with E-state index in [-0.39, 0.29) is 5.91 Å². The predicted molar refractivity (Wildman–Crippen MR) is 87.8 cm³/mol. The third-order valence-corrected chi connectivity index (χ3v) is 4.67. The van der Waals surface area contributed by atoms with Crippen molar-refractivity contribution in [2.24, 2.45) is 5.73 Å². The van der Waals surface area contributed by atoms with E-state index in [1.165, 1.54) is 10.5 Å². The van der Waals surface area contributed by atoms with E-state index in [0.29, 0.717) is 24.2 Å². The molecule has 0 bridgehead atoms. The highest BCUT2D eigenvalue weighted by atomic mass is 32.1. The lowest BCUT2D eigenvalue weighted by Gasteiger charge is -2.26. The second kappa shape index (κ2) is 6.15. The molecular weight excluding hydrogens is 296 g/mol. The normalized spacial score (nSPS) is 14.5. The number of hydrogen-bond acceptors (Lipinski definition) is 3. The maximum Gasteiger partial charge on any atom is 0.254 e. The van der Waals surface area contributed by atoms with Gasteiger partial charge in [0.15, 0.2) is 0 Å². The Morgan fingerprint density at radius 1 is 1.14 bits per heavy atom. The number of rotatable bonds is 3. The van der Waals surface area contributed by atoms with Gasteiger partial charge in [-0.25, -0.2) is 0 Å². The highest BCUT2D eigenvalue weighted by Crippen LogP contribution is 2.26. The van der Waals surface area contributed by atoms with Gasteiger partial charge in [-0.1, -0.05) is 18.2 Å². The topological polar surface area (TPSA) is 63.4 Å². The van der Waals surface area contributed by atoms with Gasteiger partial charge in [0, 0.05) is 29.1 Å². The first kappa shape index (κ1) is 14.5. The molecule has 22 heavy (non-hydrogen) atoms. The molecule has 1 aromatic carbocycles. The first-order valence-electron chi connectivity index (χ1n) is 7.07. The molecule has 2 heterocycles. The van der Waals surface area contributed by atoms with E-state index in [1.807, 2.05) is 6.07 Å². The minimum absolute atomic E-state index is 0.0652. The quantitative estimate of drug-likeness (QED) is 0.947. The Labute approximate surface area is 132 Å². The van der Waals surface area contributed by atoms with E-state index in [0.717, 1.165) is 6.42 Å². The molecule has 0 spiro atoms. The largest absolute Gasteiger partial charge is 0.366 e. The van der Waals surface area contributed by atoms with Crippen LogP contribution in [-0.4, -0.2) is 29.8 Å². The molecule has 2 aromatic rings. The summed E-state index contributed by atoms with van der Waals surface area (Å²) in [6, 6.07) is 10.7. The molecule has 0 atom stereocenters. The molecular formula is C17H16N2O2S. The zero-order chi connectivity index (χ0) is 15.5. The smallest absolute Gasteiger partial charge is 0.254 e. The monoisotopic (exact) mass is 312 g/mol. The van der Waals surface area contributed by atoms with Crippen LogP contribution < -0.4 is 5.73 Å². The van der Waals surface area contributed by atoms with E-state index in [4.69, 9.17) is 5.73 Å². The maximum atomic E-state index is 12.5. The summed E-state index contributed by atoms with van der Waals surface area (Å²) >= 11 is 1.72. The summed E-state index contributed by atoms with van der Waals surface area (Å²) in [6.45, 7) is 1.27. The summed E-state index contributed by atoms with van der Waals surface area (Å²) in [6.07, 6.45) is 2.95. The van der Waals surface area contributed by atoms with Gasteiger partial charge in [-0.3, -0.25) is 9.59 Å². The lowest BCUT2D eigenvalue weighted by molar-refractivity contribution is 0.0773. The van der Waals surface area contributed by atoms with Crippen LogP contribution in [0, 0.1) is 0 Å². The summed E-state index contributed by atoms with van der Waals surface area (Å²) in [4.78, 5) is 26.8. The highest BCUT2D eigenvalue weighted by Gasteiger charge is 2.20. The third kappa shape index (κ3) is 2.94. The van der Waals surface area contributed by atoms with Crippen LogP contribution in [0.4, 0.5) is 0 Å². The number of hydrogen-bond donors (Lipinski definition) is 1. The number of nitrogens with zero attached hydrogens (tertiary/aromatic N) is 1. The minimum Gasteiger partial charge on any atom is -0.366 e. The van der Waals surface area contributed by atoms with Crippen LogP contribution in [-0.2, 0) is 0 Å². The van der Waals surface area contributed by atoms with Gasteiger partial charge in [0.2, 0.25) is 5.91 Å². The lowest BCUT2D eigenvalue weighted by Crippen LogP contribution is -2.34. The van der Waals surface area contributed by atoms with E-state index in [9.17, 15) is 9.59 Å². The van der Waals surface area contributed by atoms with Gasteiger partial charge in [-0.2, -0.15) is 0 Å². The Bertz CT molecular complexity index is 735. The Morgan fingerprint density at radius 3 is 2.59 bits per heavy atom. The summed E-state index contributed by atoms with van der Waals surface area (Å²) in [5.41, 5.74) is 7.42. The Kier molecular flexibility index (Phi) is 4.06. The van der Waals surface area contributed by atoms with Gasteiger partial charge in [-0.05, 0) is 41.6 Å². The number of nitrogens with two attached hydrogens (primary N) is 1. The molecule has 5 heteroatoms. The van der Waals surface area contributed by atoms with Crippen molar-refractivity contribution in [2.45, 2.75) is 6.42 Å². The molecule has 0 saturated carbocycles. The predicted octanol–water partition coefficient (Wildman–Crippen LogP) is 2.78. The SMILES string of the molecule is NC(=O)c1cccc(C(=O)N2CC=C(c3cccs3)CC2)c1. The summed E-state index contributed by atoms with van der Waals surface area (Å²) in [5, 5.41) is 2.06. The van der Waals surface area contributed by atoms with Crippen molar-refractivity contribution in [3.8, 4) is 0 Å². The van der Waals surface area contributed by atoms with E-state index >= 15 is 0 Å². The number of primary amides is 1. The van der Waals surface area contributed by atoms with Crippen molar-refractivity contribution in [1.29, 1.82) is 0 Å². The van der Waals surface area contributed by atoms with Crippen LogP contribution in [0.1, 0.15) is 32.0 Å². The van der Waals surface area contributed by atoms with Gasteiger partial charge >= 0.3 is 0 Å². The molecule has 1 aromatic heterocycles. The van der Waals surface area contributed by atoms with E-state index < -0.39 is 5.91 Å². The van der Waals surface area contributed by atoms with Crippen LogP contribution in [0.15, 0.2) is 47.9 Å². The van der Waals surface area contributed by atoms with Crippen molar-refractivity contribution < 1.29 is 9.59 Å². The van der Waals surface area contributed by atoms with Crippen molar-refractivity contribution in [3.63, 3.8) is 0 Å². The zero-order valence-electron chi connectivity index (χ0n) is 12.0. The minimum atomic E-state index is -0.520. The fourth-order valence-corrected chi connectivity index (χ4v) is 3.32. The highest BCUT2D eigenvalue weighted by molar-refractivity contribution is 7.11. The summed E-state index contributed by atoms with van der Waals surface area (Å²) in [7, 11) is 0. The van der Waals surface area contributed by atoms with Gasteiger partial charge in [-0.15, -0.1) is 11.3 Å². The first-order chi connectivity index (χ1) is 10.6. The van der Waals surface area contributed by atoms with Gasteiger partial charge in [0.1, 0.15) is 0 Å². The standard InChI is InChI=1S/C17H16N2O2S/c18-16(20)13-3-1-4-14(11-13)17(21)19-8-6-12(7-9-19)15-5-2-10-22-15/h1-6,10-11H,7-9H2,(H2,18,20). The lowest BCUT2D eigenvalue weighted by atomic mass is 10.0. The fraction of sp³-hybridized carbons (Fsp3) is 0.176. The molecule has 2 amide bonds. The van der Waals surface area contributed by atoms with Crippen LogP contribution in [0.3, 0.4) is 0 Å². The van der Waals surface area contributed by atoms with Crippen molar-refractivity contribution in [3.05, 3.63) is 63.9 Å². The molecule has 1 aliphatic heterocycles. The second-order valence-electron chi connectivity index (χ2n) is 5.15. The van der Waals surface area contributed by atoms with Crippen LogP contribution >= 0.6 is 11.3 Å². The molecule has 4 nitrogen and oxygen atoms in total. The molecule has 3 rings (SSSR count). The molecule has 0 saturated heterocycles. The van der Waals surface area contributed by atoms with Crippen LogP contribution in [0.25, 0.3) is 5.57 Å². The fourth-order valence-electron chi connectivity index (χ4n) is 2.53. The molecule has 0 radical (unpaired) electrons. The van der Waals surface area contributed by atoms with Crippen molar-refractivity contribution >= 4 is 28.7 Å².